The number of alkyl halides is 3. The average molecular weight is 298 g/mol. The number of aromatic nitrogens is 2. The molecule has 0 radical (unpaired) electrons. The molecule has 0 atom stereocenters. The molecule has 0 bridgehead atoms. The largest absolute Gasteiger partial charge is 0.449 e. The number of hydrogen-bond acceptors (Lipinski definition) is 2. The van der Waals surface area contributed by atoms with E-state index in [1.165, 1.54) is 6.07 Å². The second-order valence-corrected chi connectivity index (χ2v) is 5.17. The van der Waals surface area contributed by atoms with Gasteiger partial charge in [0.05, 0.1) is 5.69 Å². The van der Waals surface area contributed by atoms with Crippen LogP contribution in [0.15, 0.2) is 18.2 Å². The molecule has 106 valence electrons. The highest BCUT2D eigenvalue weighted by atomic mass is 32.1. The minimum Gasteiger partial charge on any atom is -0.335 e. The van der Waals surface area contributed by atoms with Crippen LogP contribution in [0.2, 0.25) is 0 Å². The van der Waals surface area contributed by atoms with Crippen molar-refractivity contribution < 1.29 is 13.2 Å². The second kappa shape index (κ2) is 5.01. The molecule has 1 heterocycles. The van der Waals surface area contributed by atoms with Gasteiger partial charge in [0, 0.05) is 5.56 Å². The standard InChI is InChI=1S/C14H13F3N2S/c1-7-4-8(2)12(9(3)5-7)10-6-11(20)19-13(18-10)14(15,16)17/h4-6H,1-3H3,(H,18,19,20). The van der Waals surface area contributed by atoms with E-state index in [1.54, 1.807) is 0 Å². The quantitative estimate of drug-likeness (QED) is 0.770. The number of aryl methyl sites for hydroxylation is 3. The lowest BCUT2D eigenvalue weighted by Gasteiger charge is -2.13. The predicted molar refractivity (Wildman–Crippen MR) is 74.1 cm³/mol. The molecule has 1 N–H and O–H groups in total. The van der Waals surface area contributed by atoms with Gasteiger partial charge in [0.15, 0.2) is 0 Å². The van der Waals surface area contributed by atoms with Crippen LogP contribution in [0.25, 0.3) is 11.3 Å². The Kier molecular flexibility index (Phi) is 3.69. The topological polar surface area (TPSA) is 28.7 Å². The first-order chi connectivity index (χ1) is 9.18. The van der Waals surface area contributed by atoms with Crippen LogP contribution in [-0.2, 0) is 6.18 Å². The maximum absolute atomic E-state index is 12.8. The van der Waals surface area contributed by atoms with E-state index in [1.807, 2.05) is 32.9 Å². The number of hydrogen-bond donors (Lipinski definition) is 1. The highest BCUT2D eigenvalue weighted by molar-refractivity contribution is 7.71. The zero-order valence-corrected chi connectivity index (χ0v) is 12.0. The summed E-state index contributed by atoms with van der Waals surface area (Å²) in [6, 6.07) is 5.30. The van der Waals surface area contributed by atoms with E-state index >= 15 is 0 Å². The van der Waals surface area contributed by atoms with Gasteiger partial charge in [0.2, 0.25) is 5.82 Å². The van der Waals surface area contributed by atoms with Crippen LogP contribution in [0.5, 0.6) is 0 Å². The third kappa shape index (κ3) is 2.90. The smallest absolute Gasteiger partial charge is 0.335 e. The van der Waals surface area contributed by atoms with Crippen LogP contribution in [0.4, 0.5) is 13.2 Å². The van der Waals surface area contributed by atoms with Gasteiger partial charge in [-0.15, -0.1) is 0 Å². The first-order valence-electron chi connectivity index (χ1n) is 5.95. The SMILES string of the molecule is Cc1cc(C)c(-c2cc(=S)nc(C(F)(F)F)[nH]2)c(C)c1. The van der Waals surface area contributed by atoms with Crippen LogP contribution in [0.1, 0.15) is 22.5 Å². The van der Waals surface area contributed by atoms with E-state index in [-0.39, 0.29) is 4.64 Å². The number of aromatic amines is 1. The summed E-state index contributed by atoms with van der Waals surface area (Å²) in [4.78, 5) is 5.68. The van der Waals surface area contributed by atoms with Crippen molar-refractivity contribution in [1.82, 2.24) is 9.97 Å². The van der Waals surface area contributed by atoms with Gasteiger partial charge in [-0.1, -0.05) is 29.9 Å². The molecule has 0 saturated carbocycles. The van der Waals surface area contributed by atoms with Crippen LogP contribution in [0, 0.1) is 25.4 Å². The molecule has 2 rings (SSSR count). The number of rotatable bonds is 1. The average Bonchev–Trinajstić information content (AvgIpc) is 2.25. The van der Waals surface area contributed by atoms with Gasteiger partial charge in [-0.05, 0) is 38.0 Å². The number of halogens is 3. The Morgan fingerprint density at radius 2 is 1.60 bits per heavy atom. The summed E-state index contributed by atoms with van der Waals surface area (Å²) in [6.07, 6.45) is -4.55. The molecule has 0 aliphatic rings. The summed E-state index contributed by atoms with van der Waals surface area (Å²) in [7, 11) is 0. The molecule has 0 unspecified atom stereocenters. The van der Waals surface area contributed by atoms with E-state index in [2.05, 4.69) is 9.97 Å². The lowest BCUT2D eigenvalue weighted by molar-refractivity contribution is -0.145. The summed E-state index contributed by atoms with van der Waals surface area (Å²) in [6.45, 7) is 5.67. The van der Waals surface area contributed by atoms with Crippen molar-refractivity contribution in [2.45, 2.75) is 26.9 Å². The summed E-state index contributed by atoms with van der Waals surface area (Å²) in [5, 5.41) is 0. The Bertz CT molecular complexity index is 694. The molecule has 6 heteroatoms. The minimum atomic E-state index is -4.55. The van der Waals surface area contributed by atoms with Crippen molar-refractivity contribution in [2.24, 2.45) is 0 Å². The summed E-state index contributed by atoms with van der Waals surface area (Å²) < 4.78 is 38.3. The van der Waals surface area contributed by atoms with Gasteiger partial charge in [0.25, 0.3) is 0 Å². The second-order valence-electron chi connectivity index (χ2n) is 4.75. The minimum absolute atomic E-state index is 0.0783. The highest BCUT2D eigenvalue weighted by Crippen LogP contribution is 2.31. The Morgan fingerprint density at radius 1 is 1.05 bits per heavy atom. The van der Waals surface area contributed by atoms with Gasteiger partial charge in [-0.25, -0.2) is 4.98 Å². The van der Waals surface area contributed by atoms with Crippen molar-refractivity contribution in [3.8, 4) is 11.3 Å². The molecule has 0 aliphatic carbocycles. The predicted octanol–water partition coefficient (Wildman–Crippen LogP) is 4.75. The highest BCUT2D eigenvalue weighted by Gasteiger charge is 2.34. The lowest BCUT2D eigenvalue weighted by atomic mass is 9.97. The van der Waals surface area contributed by atoms with E-state index in [0.29, 0.717) is 5.69 Å². The first kappa shape index (κ1) is 14.7. The third-order valence-corrected chi connectivity index (χ3v) is 3.17. The fraction of sp³-hybridized carbons (Fsp3) is 0.286. The Labute approximate surface area is 119 Å². The van der Waals surface area contributed by atoms with Crippen molar-refractivity contribution in [3.05, 3.63) is 45.4 Å². The van der Waals surface area contributed by atoms with Crippen molar-refractivity contribution >= 4 is 12.2 Å². The zero-order valence-electron chi connectivity index (χ0n) is 11.2. The van der Waals surface area contributed by atoms with Crippen molar-refractivity contribution in [2.75, 3.05) is 0 Å². The number of benzene rings is 1. The molecule has 0 spiro atoms. The molecule has 1 aromatic carbocycles. The van der Waals surface area contributed by atoms with Gasteiger partial charge in [-0.2, -0.15) is 13.2 Å². The van der Waals surface area contributed by atoms with Crippen LogP contribution in [0.3, 0.4) is 0 Å². The van der Waals surface area contributed by atoms with Crippen LogP contribution in [-0.4, -0.2) is 9.97 Å². The molecule has 0 aliphatic heterocycles. The molecule has 0 fully saturated rings. The van der Waals surface area contributed by atoms with E-state index < -0.39 is 12.0 Å². The molecule has 0 saturated heterocycles. The Balaban J connectivity index is 2.71. The van der Waals surface area contributed by atoms with Crippen molar-refractivity contribution in [3.63, 3.8) is 0 Å². The third-order valence-electron chi connectivity index (χ3n) is 2.96. The molecule has 2 nitrogen and oxygen atoms in total. The van der Waals surface area contributed by atoms with Gasteiger partial charge < -0.3 is 4.98 Å². The molecule has 2 aromatic rings. The van der Waals surface area contributed by atoms with Gasteiger partial charge in [-0.3, -0.25) is 0 Å². The number of nitrogens with zero attached hydrogens (tertiary/aromatic N) is 1. The lowest BCUT2D eigenvalue weighted by Crippen LogP contribution is -2.12. The molecule has 0 amide bonds. The molecular weight excluding hydrogens is 285 g/mol. The summed E-state index contributed by atoms with van der Waals surface area (Å²) >= 11 is 4.84. The monoisotopic (exact) mass is 298 g/mol. The molecular formula is C14H13F3N2S. The van der Waals surface area contributed by atoms with Gasteiger partial charge >= 0.3 is 6.18 Å². The van der Waals surface area contributed by atoms with E-state index in [4.69, 9.17) is 12.2 Å². The summed E-state index contributed by atoms with van der Waals surface area (Å²) in [5.74, 6) is -1.07. The van der Waals surface area contributed by atoms with Gasteiger partial charge in [0.1, 0.15) is 4.64 Å². The van der Waals surface area contributed by atoms with Crippen molar-refractivity contribution in [1.29, 1.82) is 0 Å². The maximum atomic E-state index is 12.8. The summed E-state index contributed by atoms with van der Waals surface area (Å²) in [5.41, 5.74) is 3.93. The van der Waals surface area contributed by atoms with Crippen LogP contribution < -0.4 is 0 Å². The maximum Gasteiger partial charge on any atom is 0.449 e. The molecule has 20 heavy (non-hydrogen) atoms. The number of H-pyrrole nitrogens is 1. The Hall–Kier alpha value is -1.69. The Morgan fingerprint density at radius 3 is 2.10 bits per heavy atom. The van der Waals surface area contributed by atoms with E-state index in [0.717, 1.165) is 22.3 Å². The fourth-order valence-corrected chi connectivity index (χ4v) is 2.54. The first-order valence-corrected chi connectivity index (χ1v) is 6.36. The van der Waals surface area contributed by atoms with Crippen LogP contribution >= 0.6 is 12.2 Å². The van der Waals surface area contributed by atoms with E-state index in [9.17, 15) is 13.2 Å². The zero-order chi connectivity index (χ0) is 15.1. The molecule has 1 aromatic heterocycles. The fourth-order valence-electron chi connectivity index (χ4n) is 2.33. The number of nitrogens with one attached hydrogen (secondary N) is 1. The normalized spacial score (nSPS) is 11.7.